The number of sulfonamides is 1. The molecule has 1 spiro atoms. The van der Waals surface area contributed by atoms with Crippen molar-refractivity contribution in [2.24, 2.45) is 5.92 Å². The summed E-state index contributed by atoms with van der Waals surface area (Å²) in [6.07, 6.45) is 7.16. The third kappa shape index (κ3) is 4.39. The number of ether oxygens (including phenoxy) is 2. The highest BCUT2D eigenvalue weighted by atomic mass is 32.2. The molecule has 0 unspecified atom stereocenters. The lowest BCUT2D eigenvalue weighted by atomic mass is 9.78. The Bertz CT molecular complexity index is 642. The molecule has 140 valence electrons. The second-order valence-electron chi connectivity index (χ2n) is 6.90. The minimum Gasteiger partial charge on any atom is -0.377 e. The van der Waals surface area contributed by atoms with Crippen LogP contribution in [0.3, 0.4) is 0 Å². The van der Waals surface area contributed by atoms with Gasteiger partial charge in [-0.25, -0.2) is 12.7 Å². The van der Waals surface area contributed by atoms with Gasteiger partial charge in [0.15, 0.2) is 0 Å². The minimum absolute atomic E-state index is 0.155. The number of rotatable bonds is 7. The van der Waals surface area contributed by atoms with Crippen LogP contribution < -0.4 is 0 Å². The topological polar surface area (TPSA) is 68.7 Å². The molecule has 2 saturated heterocycles. The van der Waals surface area contributed by atoms with Gasteiger partial charge in [-0.2, -0.15) is 0 Å². The Balaban J connectivity index is 1.48. The monoisotopic (exact) mass is 368 g/mol. The molecule has 0 amide bonds. The number of hydrogen-bond donors (Lipinski definition) is 0. The van der Waals surface area contributed by atoms with Crippen molar-refractivity contribution in [3.8, 4) is 0 Å². The average molecular weight is 368 g/mol. The van der Waals surface area contributed by atoms with Gasteiger partial charge < -0.3 is 9.47 Å². The van der Waals surface area contributed by atoms with Crippen LogP contribution in [0.5, 0.6) is 0 Å². The number of pyridine rings is 1. The van der Waals surface area contributed by atoms with Crippen LogP contribution >= 0.6 is 0 Å². The van der Waals surface area contributed by atoms with Gasteiger partial charge in [-0.15, -0.1) is 0 Å². The maximum atomic E-state index is 12.0. The van der Waals surface area contributed by atoms with E-state index in [-0.39, 0.29) is 11.4 Å². The summed E-state index contributed by atoms with van der Waals surface area (Å²) in [6, 6.07) is 3.92. The molecule has 3 rings (SSSR count). The van der Waals surface area contributed by atoms with Crippen LogP contribution in [0.25, 0.3) is 0 Å². The van der Waals surface area contributed by atoms with E-state index in [9.17, 15) is 8.42 Å². The summed E-state index contributed by atoms with van der Waals surface area (Å²) in [5, 5.41) is 0. The highest BCUT2D eigenvalue weighted by Crippen LogP contribution is 2.42. The lowest BCUT2D eigenvalue weighted by molar-refractivity contribution is -0.0618. The van der Waals surface area contributed by atoms with Gasteiger partial charge in [-0.3, -0.25) is 4.98 Å². The Morgan fingerprint density at radius 1 is 1.40 bits per heavy atom. The Morgan fingerprint density at radius 2 is 2.20 bits per heavy atom. The molecule has 0 aromatic carbocycles. The molecular formula is C18H28N2O4S. The Labute approximate surface area is 150 Å². The van der Waals surface area contributed by atoms with E-state index in [1.165, 1.54) is 0 Å². The average Bonchev–Trinajstić information content (AvgIpc) is 3.02. The molecule has 7 heteroatoms. The molecule has 3 heterocycles. The first-order valence-electron chi connectivity index (χ1n) is 9.14. The summed E-state index contributed by atoms with van der Waals surface area (Å²) in [7, 11) is -3.09. The van der Waals surface area contributed by atoms with Crippen molar-refractivity contribution >= 4 is 10.0 Å². The summed E-state index contributed by atoms with van der Waals surface area (Å²) in [5.41, 5.74) is 0.926. The molecule has 25 heavy (non-hydrogen) atoms. The largest absolute Gasteiger partial charge is 0.377 e. The number of nitrogens with zero attached hydrogens (tertiary/aromatic N) is 2. The predicted octanol–water partition coefficient (Wildman–Crippen LogP) is 2.21. The summed E-state index contributed by atoms with van der Waals surface area (Å²) >= 11 is 0. The molecule has 1 aromatic rings. The normalized spacial score (nSPS) is 24.0. The lowest BCUT2D eigenvalue weighted by Crippen LogP contribution is -2.49. The Morgan fingerprint density at radius 3 is 2.88 bits per heavy atom. The van der Waals surface area contributed by atoms with Crippen LogP contribution in [0, 0.1) is 5.92 Å². The molecule has 6 nitrogen and oxygen atoms in total. The fourth-order valence-electron chi connectivity index (χ4n) is 3.97. The standard InChI is InChI=1S/C18H28N2O4S/c1-2-25(21,22)20-10-7-18(8-11-20)17(6-13-24-18)5-12-23-15-16-4-3-9-19-14-16/h3-4,9,14,17H,2,5-8,10-13,15H2,1H3/t17-/m0/s1. The molecule has 0 aliphatic carbocycles. The number of aromatic nitrogens is 1. The van der Waals surface area contributed by atoms with Crippen molar-refractivity contribution in [1.82, 2.24) is 9.29 Å². The molecule has 0 N–H and O–H groups in total. The maximum Gasteiger partial charge on any atom is 0.213 e. The van der Waals surface area contributed by atoms with Crippen molar-refractivity contribution in [3.63, 3.8) is 0 Å². The van der Waals surface area contributed by atoms with E-state index in [1.807, 2.05) is 18.3 Å². The van der Waals surface area contributed by atoms with Crippen LogP contribution in [-0.2, 0) is 26.1 Å². The molecule has 0 radical (unpaired) electrons. The van der Waals surface area contributed by atoms with E-state index in [0.29, 0.717) is 32.2 Å². The molecule has 2 aliphatic rings. The summed E-state index contributed by atoms with van der Waals surface area (Å²) in [6.45, 7) is 4.90. The molecule has 0 bridgehead atoms. The Kier molecular flexibility index (Phi) is 6.09. The van der Waals surface area contributed by atoms with E-state index in [4.69, 9.17) is 9.47 Å². The van der Waals surface area contributed by atoms with Gasteiger partial charge in [-0.05, 0) is 50.2 Å². The van der Waals surface area contributed by atoms with Crippen LogP contribution in [0.4, 0.5) is 0 Å². The summed E-state index contributed by atoms with van der Waals surface area (Å²) in [5.74, 6) is 0.625. The van der Waals surface area contributed by atoms with Crippen LogP contribution in [0.15, 0.2) is 24.5 Å². The van der Waals surface area contributed by atoms with Crippen molar-refractivity contribution in [2.45, 2.75) is 44.8 Å². The second-order valence-corrected chi connectivity index (χ2v) is 9.16. The molecule has 1 aromatic heterocycles. The van der Waals surface area contributed by atoms with Crippen LogP contribution in [-0.4, -0.2) is 55.4 Å². The van der Waals surface area contributed by atoms with Crippen molar-refractivity contribution in [1.29, 1.82) is 0 Å². The van der Waals surface area contributed by atoms with Crippen molar-refractivity contribution in [3.05, 3.63) is 30.1 Å². The summed E-state index contributed by atoms with van der Waals surface area (Å²) < 4.78 is 37.6. The van der Waals surface area contributed by atoms with Gasteiger partial charge in [0.2, 0.25) is 10.0 Å². The molecular weight excluding hydrogens is 340 g/mol. The molecule has 0 saturated carbocycles. The van der Waals surface area contributed by atoms with Gasteiger partial charge >= 0.3 is 0 Å². The Hall–Kier alpha value is -1.02. The van der Waals surface area contributed by atoms with E-state index < -0.39 is 10.0 Å². The first-order chi connectivity index (χ1) is 12.1. The second kappa shape index (κ2) is 8.12. The van der Waals surface area contributed by atoms with Gasteiger partial charge in [0.25, 0.3) is 0 Å². The quantitative estimate of drug-likeness (QED) is 0.690. The highest BCUT2D eigenvalue weighted by molar-refractivity contribution is 7.89. The van der Waals surface area contributed by atoms with Crippen LogP contribution in [0.2, 0.25) is 0 Å². The first-order valence-corrected chi connectivity index (χ1v) is 10.7. The summed E-state index contributed by atoms with van der Waals surface area (Å²) in [4.78, 5) is 4.09. The third-order valence-corrected chi connectivity index (χ3v) is 7.41. The third-order valence-electron chi connectivity index (χ3n) is 5.53. The molecule has 2 aliphatic heterocycles. The van der Waals surface area contributed by atoms with E-state index in [2.05, 4.69) is 4.98 Å². The zero-order chi connectivity index (χ0) is 17.8. The fourth-order valence-corrected chi connectivity index (χ4v) is 5.07. The van der Waals surface area contributed by atoms with Gasteiger partial charge in [0.1, 0.15) is 0 Å². The van der Waals surface area contributed by atoms with Crippen LogP contribution in [0.1, 0.15) is 38.2 Å². The zero-order valence-corrected chi connectivity index (χ0v) is 15.7. The number of piperidine rings is 1. The zero-order valence-electron chi connectivity index (χ0n) is 14.9. The number of hydrogen-bond acceptors (Lipinski definition) is 5. The van der Waals surface area contributed by atoms with E-state index in [0.717, 1.165) is 37.9 Å². The van der Waals surface area contributed by atoms with E-state index >= 15 is 0 Å². The van der Waals surface area contributed by atoms with Gasteiger partial charge in [0, 0.05) is 38.7 Å². The molecule has 1 atom stereocenters. The first kappa shape index (κ1) is 18.8. The highest BCUT2D eigenvalue weighted by Gasteiger charge is 2.47. The van der Waals surface area contributed by atoms with Gasteiger partial charge in [0.05, 0.1) is 18.0 Å². The SMILES string of the molecule is CCS(=O)(=O)N1CCC2(CC1)OCC[C@@H]2CCOCc1cccnc1. The lowest BCUT2D eigenvalue weighted by Gasteiger charge is -2.41. The predicted molar refractivity (Wildman–Crippen MR) is 95.6 cm³/mol. The van der Waals surface area contributed by atoms with Crippen molar-refractivity contribution < 1.29 is 17.9 Å². The molecule has 2 fully saturated rings. The van der Waals surface area contributed by atoms with Gasteiger partial charge in [-0.1, -0.05) is 6.07 Å². The minimum atomic E-state index is -3.09. The van der Waals surface area contributed by atoms with Crippen molar-refractivity contribution in [2.75, 3.05) is 32.1 Å². The fraction of sp³-hybridized carbons (Fsp3) is 0.722. The smallest absolute Gasteiger partial charge is 0.213 e. The maximum absolute atomic E-state index is 12.0. The van der Waals surface area contributed by atoms with E-state index in [1.54, 1.807) is 17.4 Å².